The van der Waals surface area contributed by atoms with Crippen LogP contribution in [0.1, 0.15) is 11.1 Å². The van der Waals surface area contributed by atoms with Crippen molar-refractivity contribution in [1.82, 2.24) is 15.1 Å². The second-order valence-electron chi connectivity index (χ2n) is 7.71. The Bertz CT molecular complexity index is 869. The number of carbonyl (C=O) groups excluding carboxylic acids is 2. The Hall–Kier alpha value is -2.81. The standard InChI is InChI=1S/C23H29FN4O3/c1-27(17-23(30)26-21-4-2-3-20(24)13-21)16-22(29)25-14-18-5-7-19(8-6-18)15-28-9-11-31-12-10-28/h2-8,13H,9-12,14-17H2,1H3,(H,25,29)(H,26,30). The number of nitrogens with zero attached hydrogens (tertiary/aromatic N) is 2. The summed E-state index contributed by atoms with van der Waals surface area (Å²) in [5.74, 6) is -0.894. The maximum Gasteiger partial charge on any atom is 0.238 e. The highest BCUT2D eigenvalue weighted by molar-refractivity contribution is 5.92. The van der Waals surface area contributed by atoms with Gasteiger partial charge >= 0.3 is 0 Å². The number of hydrogen-bond acceptors (Lipinski definition) is 5. The Morgan fingerprint density at radius 2 is 1.71 bits per heavy atom. The van der Waals surface area contributed by atoms with E-state index in [4.69, 9.17) is 4.74 Å². The smallest absolute Gasteiger partial charge is 0.238 e. The van der Waals surface area contributed by atoms with Crippen molar-refractivity contribution in [3.63, 3.8) is 0 Å². The van der Waals surface area contributed by atoms with Crippen LogP contribution in [0.4, 0.5) is 10.1 Å². The molecule has 8 heteroatoms. The molecule has 1 aliphatic rings. The van der Waals surface area contributed by atoms with E-state index in [0.717, 1.165) is 38.4 Å². The molecule has 2 amide bonds. The predicted octanol–water partition coefficient (Wildman–Crippen LogP) is 1.84. The number of halogens is 1. The summed E-state index contributed by atoms with van der Waals surface area (Å²) >= 11 is 0. The van der Waals surface area contributed by atoms with E-state index in [9.17, 15) is 14.0 Å². The van der Waals surface area contributed by atoms with Crippen molar-refractivity contribution in [2.75, 3.05) is 51.8 Å². The third-order valence-electron chi connectivity index (χ3n) is 4.96. The third kappa shape index (κ3) is 8.09. The molecule has 3 rings (SSSR count). The van der Waals surface area contributed by atoms with Crippen LogP contribution >= 0.6 is 0 Å². The van der Waals surface area contributed by atoms with Gasteiger partial charge in [-0.3, -0.25) is 19.4 Å². The maximum absolute atomic E-state index is 13.2. The fourth-order valence-electron chi connectivity index (χ4n) is 3.35. The molecule has 0 aromatic heterocycles. The molecule has 0 radical (unpaired) electrons. The predicted molar refractivity (Wildman–Crippen MR) is 117 cm³/mol. The second-order valence-corrected chi connectivity index (χ2v) is 7.71. The van der Waals surface area contributed by atoms with Crippen molar-refractivity contribution >= 4 is 17.5 Å². The number of ether oxygens (including phenoxy) is 1. The van der Waals surface area contributed by atoms with Crippen LogP contribution in [0.15, 0.2) is 48.5 Å². The van der Waals surface area contributed by atoms with Crippen LogP contribution in [-0.4, -0.2) is 68.1 Å². The van der Waals surface area contributed by atoms with Gasteiger partial charge in [0.25, 0.3) is 0 Å². The van der Waals surface area contributed by atoms with Gasteiger partial charge in [-0.2, -0.15) is 0 Å². The molecule has 2 aromatic rings. The Balaban J connectivity index is 1.36. The van der Waals surface area contributed by atoms with Crippen molar-refractivity contribution in [2.24, 2.45) is 0 Å². The molecule has 0 atom stereocenters. The van der Waals surface area contributed by atoms with E-state index in [2.05, 4.69) is 27.7 Å². The molecule has 2 aromatic carbocycles. The summed E-state index contributed by atoms with van der Waals surface area (Å²) in [6.07, 6.45) is 0. The summed E-state index contributed by atoms with van der Waals surface area (Å²) in [6.45, 7) is 4.91. The van der Waals surface area contributed by atoms with Crippen molar-refractivity contribution in [1.29, 1.82) is 0 Å². The van der Waals surface area contributed by atoms with Gasteiger partial charge in [0.15, 0.2) is 0 Å². The molecule has 31 heavy (non-hydrogen) atoms. The Labute approximate surface area is 182 Å². The highest BCUT2D eigenvalue weighted by Crippen LogP contribution is 2.10. The Morgan fingerprint density at radius 3 is 2.42 bits per heavy atom. The highest BCUT2D eigenvalue weighted by atomic mass is 19.1. The second kappa shape index (κ2) is 11.5. The number of benzene rings is 2. The van der Waals surface area contributed by atoms with Crippen LogP contribution in [0.25, 0.3) is 0 Å². The fourth-order valence-corrected chi connectivity index (χ4v) is 3.35. The minimum Gasteiger partial charge on any atom is -0.379 e. The van der Waals surface area contributed by atoms with Gasteiger partial charge in [-0.25, -0.2) is 4.39 Å². The summed E-state index contributed by atoms with van der Waals surface area (Å²) in [4.78, 5) is 28.2. The largest absolute Gasteiger partial charge is 0.379 e. The van der Waals surface area contributed by atoms with Crippen molar-refractivity contribution in [2.45, 2.75) is 13.1 Å². The molecule has 0 aliphatic carbocycles. The molecular weight excluding hydrogens is 399 g/mol. The van der Waals surface area contributed by atoms with Gasteiger partial charge in [0.1, 0.15) is 5.82 Å². The first-order chi connectivity index (χ1) is 15.0. The summed E-state index contributed by atoms with van der Waals surface area (Å²) in [5.41, 5.74) is 2.64. The topological polar surface area (TPSA) is 73.9 Å². The quantitative estimate of drug-likeness (QED) is 0.638. The van der Waals surface area contributed by atoms with Crippen LogP contribution in [0.3, 0.4) is 0 Å². The number of rotatable bonds is 9. The van der Waals surface area contributed by atoms with Crippen LogP contribution in [0, 0.1) is 5.82 Å². The van der Waals surface area contributed by atoms with E-state index in [1.807, 2.05) is 12.1 Å². The molecule has 0 bridgehead atoms. The van der Waals surface area contributed by atoms with E-state index < -0.39 is 5.82 Å². The number of likely N-dealkylation sites (N-methyl/N-ethyl adjacent to an activating group) is 1. The average molecular weight is 429 g/mol. The molecule has 1 heterocycles. The first kappa shape index (κ1) is 22.9. The average Bonchev–Trinajstić information content (AvgIpc) is 2.74. The van der Waals surface area contributed by atoms with Crippen LogP contribution < -0.4 is 10.6 Å². The lowest BCUT2D eigenvalue weighted by atomic mass is 10.1. The molecule has 2 N–H and O–H groups in total. The lowest BCUT2D eigenvalue weighted by Crippen LogP contribution is -2.38. The van der Waals surface area contributed by atoms with E-state index in [1.54, 1.807) is 18.0 Å². The zero-order valence-electron chi connectivity index (χ0n) is 17.8. The van der Waals surface area contributed by atoms with Crippen LogP contribution in [0.2, 0.25) is 0 Å². The molecule has 1 saturated heterocycles. The minimum atomic E-state index is -0.417. The molecule has 1 aliphatic heterocycles. The van der Waals surface area contributed by atoms with Crippen LogP contribution in [0.5, 0.6) is 0 Å². The van der Waals surface area contributed by atoms with E-state index in [0.29, 0.717) is 12.2 Å². The normalized spacial score (nSPS) is 14.4. The van der Waals surface area contributed by atoms with Crippen molar-refractivity contribution in [3.8, 4) is 0 Å². The summed E-state index contributed by atoms with van der Waals surface area (Å²) in [6, 6.07) is 13.9. The fraction of sp³-hybridized carbons (Fsp3) is 0.391. The van der Waals surface area contributed by atoms with Crippen LogP contribution in [-0.2, 0) is 27.4 Å². The molecule has 0 spiro atoms. The number of morpholine rings is 1. The zero-order chi connectivity index (χ0) is 22.1. The highest BCUT2D eigenvalue weighted by Gasteiger charge is 2.12. The third-order valence-corrected chi connectivity index (χ3v) is 4.96. The lowest BCUT2D eigenvalue weighted by Gasteiger charge is -2.26. The molecular formula is C23H29FN4O3. The monoisotopic (exact) mass is 428 g/mol. The Morgan fingerprint density at radius 1 is 1.03 bits per heavy atom. The van der Waals surface area contributed by atoms with Gasteiger partial charge in [-0.05, 0) is 36.4 Å². The van der Waals surface area contributed by atoms with E-state index >= 15 is 0 Å². The molecule has 0 unspecified atom stereocenters. The summed E-state index contributed by atoms with van der Waals surface area (Å²) in [5, 5.41) is 5.49. The van der Waals surface area contributed by atoms with E-state index in [-0.39, 0.29) is 24.9 Å². The molecule has 166 valence electrons. The first-order valence-corrected chi connectivity index (χ1v) is 10.4. The SMILES string of the molecule is CN(CC(=O)NCc1ccc(CN2CCOCC2)cc1)CC(=O)Nc1cccc(F)c1. The van der Waals surface area contributed by atoms with Crippen molar-refractivity contribution in [3.05, 3.63) is 65.5 Å². The lowest BCUT2D eigenvalue weighted by molar-refractivity contribution is -0.123. The molecule has 1 fully saturated rings. The van der Waals surface area contributed by atoms with Gasteiger partial charge in [0, 0.05) is 31.9 Å². The minimum absolute atomic E-state index is 0.0279. The summed E-state index contributed by atoms with van der Waals surface area (Å²) in [7, 11) is 1.69. The molecule has 0 saturated carbocycles. The van der Waals surface area contributed by atoms with Crippen molar-refractivity contribution < 1.29 is 18.7 Å². The number of hydrogen-bond donors (Lipinski definition) is 2. The maximum atomic E-state index is 13.2. The first-order valence-electron chi connectivity index (χ1n) is 10.4. The van der Waals surface area contributed by atoms with Gasteiger partial charge in [-0.1, -0.05) is 30.3 Å². The number of anilines is 1. The van der Waals surface area contributed by atoms with Gasteiger partial charge < -0.3 is 15.4 Å². The number of amides is 2. The molecule has 7 nitrogen and oxygen atoms in total. The van der Waals surface area contributed by atoms with E-state index in [1.165, 1.54) is 23.8 Å². The van der Waals surface area contributed by atoms with Gasteiger partial charge in [0.05, 0.1) is 26.3 Å². The number of carbonyl (C=O) groups is 2. The summed E-state index contributed by atoms with van der Waals surface area (Å²) < 4.78 is 18.6. The Kier molecular flexibility index (Phi) is 8.52. The van der Waals surface area contributed by atoms with Gasteiger partial charge in [-0.15, -0.1) is 0 Å². The zero-order valence-corrected chi connectivity index (χ0v) is 17.8. The van der Waals surface area contributed by atoms with Gasteiger partial charge in [0.2, 0.25) is 11.8 Å². The number of nitrogens with one attached hydrogen (secondary N) is 2.